The van der Waals surface area contributed by atoms with Gasteiger partial charge < -0.3 is 14.2 Å². The molecule has 0 rings (SSSR count). The Morgan fingerprint density at radius 3 is 0.634 bits per heavy atom. The predicted octanol–water partition coefficient (Wildman–Crippen LogP) is 25.7. The molecule has 82 heavy (non-hydrogen) atoms. The number of hydrogen-bond donors (Lipinski definition) is 0. The second-order valence-electron chi connectivity index (χ2n) is 25.6. The van der Waals surface area contributed by atoms with Gasteiger partial charge in [0.1, 0.15) is 13.2 Å². The Labute approximate surface area is 513 Å². The molecule has 484 valence electrons. The van der Waals surface area contributed by atoms with Crippen LogP contribution in [0.4, 0.5) is 0 Å². The summed E-state index contributed by atoms with van der Waals surface area (Å²) in [6, 6.07) is 0. The second-order valence-corrected chi connectivity index (χ2v) is 25.6. The first-order chi connectivity index (χ1) is 40.5. The fraction of sp³-hybridized carbons (Fsp3) is 0.908. The highest BCUT2D eigenvalue weighted by atomic mass is 16.6. The highest BCUT2D eigenvalue weighted by Gasteiger charge is 2.20. The van der Waals surface area contributed by atoms with Crippen molar-refractivity contribution in [2.24, 2.45) is 0 Å². The largest absolute Gasteiger partial charge is 0.462 e. The Kier molecular flexibility index (Phi) is 69.5. The molecular weight excluding hydrogens is 1010 g/mol. The SMILES string of the molecule is CCCCC/C=C\CCCCCCCC(=O)OCC(COC(=O)CCCCCCCCCCCCCCCCCCC/C=C\CCCCCCCCCC)OC(=O)CCCCCCCCCCCCCCCCCCCCCCCCC. The Balaban J connectivity index is 4.14. The van der Waals surface area contributed by atoms with E-state index in [0.717, 1.165) is 64.2 Å². The van der Waals surface area contributed by atoms with Crippen LogP contribution in [0, 0.1) is 0 Å². The molecule has 0 aromatic carbocycles. The van der Waals surface area contributed by atoms with Crippen LogP contribution in [0.5, 0.6) is 0 Å². The second kappa shape index (κ2) is 71.4. The van der Waals surface area contributed by atoms with Crippen LogP contribution in [0.25, 0.3) is 0 Å². The highest BCUT2D eigenvalue weighted by Crippen LogP contribution is 2.19. The first-order valence-electron chi connectivity index (χ1n) is 37.3. The van der Waals surface area contributed by atoms with Gasteiger partial charge in [-0.2, -0.15) is 0 Å². The number of unbranched alkanes of at least 4 members (excludes halogenated alkanes) is 55. The zero-order chi connectivity index (χ0) is 59.2. The molecule has 0 spiro atoms. The van der Waals surface area contributed by atoms with Crippen LogP contribution < -0.4 is 0 Å². The van der Waals surface area contributed by atoms with Gasteiger partial charge in [-0.25, -0.2) is 0 Å². The number of ether oxygens (including phenoxy) is 3. The van der Waals surface area contributed by atoms with E-state index in [-0.39, 0.29) is 31.1 Å². The zero-order valence-electron chi connectivity index (χ0n) is 55.8. The van der Waals surface area contributed by atoms with Gasteiger partial charge in [-0.05, 0) is 70.6 Å². The van der Waals surface area contributed by atoms with Gasteiger partial charge in [0, 0.05) is 19.3 Å². The molecule has 0 saturated carbocycles. The van der Waals surface area contributed by atoms with Crippen LogP contribution in [0.2, 0.25) is 0 Å². The van der Waals surface area contributed by atoms with E-state index in [9.17, 15) is 14.4 Å². The van der Waals surface area contributed by atoms with Crippen LogP contribution in [-0.4, -0.2) is 37.2 Å². The highest BCUT2D eigenvalue weighted by molar-refractivity contribution is 5.71. The average molecular weight is 1150 g/mol. The zero-order valence-corrected chi connectivity index (χ0v) is 55.8. The van der Waals surface area contributed by atoms with E-state index in [0.29, 0.717) is 19.3 Å². The summed E-state index contributed by atoms with van der Waals surface area (Å²) in [6.45, 7) is 6.70. The summed E-state index contributed by atoms with van der Waals surface area (Å²) in [5, 5.41) is 0. The number of esters is 3. The molecule has 0 fully saturated rings. The number of allylic oxidation sites excluding steroid dienone is 4. The standard InChI is InChI=1S/C76H144O6/c1-4-7-10-13-16-19-22-25-27-29-31-33-35-36-37-38-39-40-42-43-45-47-49-51-54-57-60-63-66-69-75(78)81-72-73(71-80-74(77)68-65-62-59-56-53-24-21-18-15-12-9-6-3)82-76(79)70-67-64-61-58-55-52-50-48-46-44-41-34-32-30-28-26-23-20-17-14-11-8-5-2/h18,21,29,31,73H,4-17,19-20,22-28,30,32-72H2,1-3H3/b21-18-,31-29-. The summed E-state index contributed by atoms with van der Waals surface area (Å²) in [4.78, 5) is 38.4. The molecule has 0 heterocycles. The van der Waals surface area contributed by atoms with Crippen molar-refractivity contribution in [1.82, 2.24) is 0 Å². The lowest BCUT2D eigenvalue weighted by atomic mass is 10.0. The van der Waals surface area contributed by atoms with Crippen LogP contribution in [0.15, 0.2) is 24.3 Å². The Morgan fingerprint density at radius 1 is 0.232 bits per heavy atom. The van der Waals surface area contributed by atoms with Gasteiger partial charge in [0.05, 0.1) is 0 Å². The maximum atomic E-state index is 13.0. The minimum absolute atomic E-state index is 0.0674. The molecule has 0 aliphatic rings. The van der Waals surface area contributed by atoms with Crippen LogP contribution in [-0.2, 0) is 28.6 Å². The van der Waals surface area contributed by atoms with Crippen LogP contribution in [0.3, 0.4) is 0 Å². The summed E-state index contributed by atoms with van der Waals surface area (Å²) in [6.07, 6.45) is 88.0. The van der Waals surface area contributed by atoms with E-state index in [2.05, 4.69) is 45.1 Å². The summed E-state index contributed by atoms with van der Waals surface area (Å²) in [5.74, 6) is -0.843. The lowest BCUT2D eigenvalue weighted by Gasteiger charge is -2.18. The number of rotatable bonds is 70. The van der Waals surface area contributed by atoms with E-state index in [1.807, 2.05) is 0 Å². The minimum Gasteiger partial charge on any atom is -0.462 e. The summed E-state index contributed by atoms with van der Waals surface area (Å²) in [7, 11) is 0. The number of carbonyl (C=O) groups is 3. The van der Waals surface area contributed by atoms with Crippen molar-refractivity contribution in [3.05, 3.63) is 24.3 Å². The molecule has 0 aromatic heterocycles. The third-order valence-corrected chi connectivity index (χ3v) is 17.2. The predicted molar refractivity (Wildman–Crippen MR) is 358 cm³/mol. The molecule has 1 atom stereocenters. The Bertz CT molecular complexity index is 1320. The fourth-order valence-corrected chi connectivity index (χ4v) is 11.6. The van der Waals surface area contributed by atoms with Gasteiger partial charge in [0.25, 0.3) is 0 Å². The van der Waals surface area contributed by atoms with E-state index in [4.69, 9.17) is 14.2 Å². The molecule has 0 amide bonds. The van der Waals surface area contributed by atoms with Gasteiger partial charge in [-0.1, -0.05) is 360 Å². The van der Waals surface area contributed by atoms with Crippen LogP contribution in [0.1, 0.15) is 425 Å². The molecule has 0 aliphatic heterocycles. The van der Waals surface area contributed by atoms with Gasteiger partial charge in [-0.15, -0.1) is 0 Å². The molecule has 0 aliphatic carbocycles. The first-order valence-corrected chi connectivity index (χ1v) is 37.3. The van der Waals surface area contributed by atoms with E-state index in [1.165, 1.54) is 321 Å². The van der Waals surface area contributed by atoms with Gasteiger partial charge in [0.2, 0.25) is 0 Å². The molecule has 0 aromatic rings. The monoisotopic (exact) mass is 1150 g/mol. The van der Waals surface area contributed by atoms with E-state index in [1.54, 1.807) is 0 Å². The molecule has 0 radical (unpaired) electrons. The lowest BCUT2D eigenvalue weighted by Crippen LogP contribution is -2.30. The average Bonchev–Trinajstić information content (AvgIpc) is 3.47. The van der Waals surface area contributed by atoms with Gasteiger partial charge in [-0.3, -0.25) is 14.4 Å². The maximum absolute atomic E-state index is 13.0. The van der Waals surface area contributed by atoms with Crippen molar-refractivity contribution in [3.63, 3.8) is 0 Å². The molecular formula is C76H144O6. The van der Waals surface area contributed by atoms with Crippen LogP contribution >= 0.6 is 0 Å². The number of carbonyl (C=O) groups excluding carboxylic acids is 3. The molecule has 6 heteroatoms. The van der Waals surface area contributed by atoms with E-state index >= 15 is 0 Å². The molecule has 0 N–H and O–H groups in total. The topological polar surface area (TPSA) is 78.9 Å². The van der Waals surface area contributed by atoms with Gasteiger partial charge in [0.15, 0.2) is 6.10 Å². The van der Waals surface area contributed by atoms with Crippen molar-refractivity contribution in [2.75, 3.05) is 13.2 Å². The normalized spacial score (nSPS) is 12.1. The smallest absolute Gasteiger partial charge is 0.306 e. The molecule has 1 unspecified atom stereocenters. The van der Waals surface area contributed by atoms with Crippen molar-refractivity contribution < 1.29 is 28.6 Å². The van der Waals surface area contributed by atoms with Crippen molar-refractivity contribution in [1.29, 1.82) is 0 Å². The van der Waals surface area contributed by atoms with E-state index < -0.39 is 6.10 Å². The Morgan fingerprint density at radius 2 is 0.402 bits per heavy atom. The molecule has 0 bridgehead atoms. The minimum atomic E-state index is -0.772. The maximum Gasteiger partial charge on any atom is 0.306 e. The quantitative estimate of drug-likeness (QED) is 0.0261. The fourth-order valence-electron chi connectivity index (χ4n) is 11.6. The molecule has 6 nitrogen and oxygen atoms in total. The van der Waals surface area contributed by atoms with Crippen molar-refractivity contribution >= 4 is 17.9 Å². The molecule has 0 saturated heterocycles. The first kappa shape index (κ1) is 79.9. The van der Waals surface area contributed by atoms with Crippen molar-refractivity contribution in [3.8, 4) is 0 Å². The Hall–Kier alpha value is -2.11. The van der Waals surface area contributed by atoms with Gasteiger partial charge >= 0.3 is 17.9 Å². The van der Waals surface area contributed by atoms with Crippen molar-refractivity contribution in [2.45, 2.75) is 431 Å². The summed E-state index contributed by atoms with van der Waals surface area (Å²) >= 11 is 0. The third-order valence-electron chi connectivity index (χ3n) is 17.2. The summed E-state index contributed by atoms with van der Waals surface area (Å²) < 4.78 is 17.0. The summed E-state index contributed by atoms with van der Waals surface area (Å²) in [5.41, 5.74) is 0. The lowest BCUT2D eigenvalue weighted by molar-refractivity contribution is -0.167. The number of hydrogen-bond acceptors (Lipinski definition) is 6. The third kappa shape index (κ3) is 68.7.